The van der Waals surface area contributed by atoms with Crippen LogP contribution in [-0.2, 0) is 0 Å². The van der Waals surface area contributed by atoms with E-state index < -0.39 is 5.91 Å². The summed E-state index contributed by atoms with van der Waals surface area (Å²) in [7, 11) is 0. The normalized spacial score (nSPS) is 9.33. The monoisotopic (exact) mass is 227 g/mol. The van der Waals surface area contributed by atoms with Crippen LogP contribution in [0.2, 0.25) is 0 Å². The number of hydrogen-bond acceptors (Lipinski definition) is 4. The zero-order valence-electron chi connectivity index (χ0n) is 7.52. The van der Waals surface area contributed by atoms with Crippen molar-refractivity contribution in [1.29, 1.82) is 0 Å². The minimum absolute atomic E-state index is 0.0799. The maximum Gasteiger partial charge on any atom is 0.269 e. The number of phenolic OH excluding ortho intramolecular Hbond substituents is 2. The summed E-state index contributed by atoms with van der Waals surface area (Å²) in [5.74, 6) is -1.00. The molecule has 0 aliphatic carbocycles. The second-order valence-corrected chi connectivity index (χ2v) is 3.12. The molecule has 0 fully saturated rings. The zero-order chi connectivity index (χ0) is 11.4. The third kappa shape index (κ3) is 3.31. The molecule has 6 N–H and O–H groups in total. The molecule has 0 unspecified atom stereocenters. The fourth-order valence-corrected chi connectivity index (χ4v) is 0.968. The molecule has 1 aromatic carbocycles. The standard InChI is InChI=1S/C8H9N3O3S/c9-8(15)11-10-7(14)4-1-5(12)3-6(13)2-4/h1-3,12-13H,(H,10,14)(H3,9,11,15). The maximum absolute atomic E-state index is 11.3. The van der Waals surface area contributed by atoms with E-state index >= 15 is 0 Å². The summed E-state index contributed by atoms with van der Waals surface area (Å²) in [6, 6.07) is 3.49. The van der Waals surface area contributed by atoms with Gasteiger partial charge in [0.25, 0.3) is 5.91 Å². The number of benzene rings is 1. The van der Waals surface area contributed by atoms with Gasteiger partial charge in [0.1, 0.15) is 11.5 Å². The van der Waals surface area contributed by atoms with Crippen LogP contribution in [0.1, 0.15) is 10.4 Å². The molecule has 0 radical (unpaired) electrons. The van der Waals surface area contributed by atoms with Crippen LogP contribution < -0.4 is 16.6 Å². The van der Waals surface area contributed by atoms with Gasteiger partial charge in [0.05, 0.1) is 0 Å². The number of hydrogen-bond donors (Lipinski definition) is 5. The lowest BCUT2D eigenvalue weighted by Crippen LogP contribution is -2.44. The Morgan fingerprint density at radius 1 is 1.20 bits per heavy atom. The molecule has 0 saturated heterocycles. The number of aromatic hydroxyl groups is 2. The van der Waals surface area contributed by atoms with E-state index in [9.17, 15) is 4.79 Å². The summed E-state index contributed by atoms with van der Waals surface area (Å²) in [5.41, 5.74) is 9.57. The third-order valence-corrected chi connectivity index (χ3v) is 1.57. The van der Waals surface area contributed by atoms with Crippen LogP contribution >= 0.6 is 12.2 Å². The highest BCUT2D eigenvalue weighted by Crippen LogP contribution is 2.19. The predicted octanol–water partition coefficient (Wildman–Crippen LogP) is -0.424. The second-order valence-electron chi connectivity index (χ2n) is 2.68. The van der Waals surface area contributed by atoms with Crippen LogP contribution in [0.25, 0.3) is 0 Å². The van der Waals surface area contributed by atoms with Gasteiger partial charge in [0.2, 0.25) is 0 Å². The average Bonchev–Trinajstić information content (AvgIpc) is 2.12. The van der Waals surface area contributed by atoms with Crippen LogP contribution in [-0.4, -0.2) is 21.2 Å². The molecule has 1 rings (SSSR count). The van der Waals surface area contributed by atoms with E-state index in [0.29, 0.717) is 0 Å². The molecule has 0 saturated carbocycles. The molecule has 1 aromatic rings. The highest BCUT2D eigenvalue weighted by Gasteiger charge is 2.07. The Bertz CT molecular complexity index is 388. The number of rotatable bonds is 1. The number of carbonyl (C=O) groups excluding carboxylic acids is 1. The van der Waals surface area contributed by atoms with Gasteiger partial charge in [0, 0.05) is 11.6 Å². The highest BCUT2D eigenvalue weighted by molar-refractivity contribution is 7.80. The molecule has 80 valence electrons. The van der Waals surface area contributed by atoms with E-state index in [0.717, 1.165) is 6.07 Å². The van der Waals surface area contributed by atoms with E-state index in [1.807, 2.05) is 0 Å². The van der Waals surface area contributed by atoms with Gasteiger partial charge in [-0.3, -0.25) is 15.6 Å². The topological polar surface area (TPSA) is 108 Å². The maximum atomic E-state index is 11.3. The minimum atomic E-state index is -0.575. The SMILES string of the molecule is NC(=S)NNC(=O)c1cc(O)cc(O)c1. The quantitative estimate of drug-likeness (QED) is 0.329. The van der Waals surface area contributed by atoms with Crippen LogP contribution in [0.4, 0.5) is 0 Å². The molecule has 1 amide bonds. The van der Waals surface area contributed by atoms with E-state index in [4.69, 9.17) is 15.9 Å². The summed E-state index contributed by atoms with van der Waals surface area (Å²) in [6.07, 6.45) is 0. The molecule has 6 nitrogen and oxygen atoms in total. The van der Waals surface area contributed by atoms with Gasteiger partial charge < -0.3 is 15.9 Å². The minimum Gasteiger partial charge on any atom is -0.508 e. The molecule has 0 atom stereocenters. The Labute approximate surface area is 90.7 Å². The van der Waals surface area contributed by atoms with Crippen LogP contribution in [0.15, 0.2) is 18.2 Å². The summed E-state index contributed by atoms with van der Waals surface area (Å²) < 4.78 is 0. The van der Waals surface area contributed by atoms with Crippen molar-refractivity contribution >= 4 is 23.2 Å². The van der Waals surface area contributed by atoms with Crippen molar-refractivity contribution in [1.82, 2.24) is 10.9 Å². The first-order chi connectivity index (χ1) is 6.99. The molecule has 0 heterocycles. The van der Waals surface area contributed by atoms with Crippen molar-refractivity contribution in [2.45, 2.75) is 0 Å². The van der Waals surface area contributed by atoms with E-state index in [-0.39, 0.29) is 22.2 Å². The van der Waals surface area contributed by atoms with Crippen molar-refractivity contribution < 1.29 is 15.0 Å². The lowest BCUT2D eigenvalue weighted by atomic mass is 10.2. The molecule has 0 bridgehead atoms. The van der Waals surface area contributed by atoms with Gasteiger partial charge in [-0.05, 0) is 24.4 Å². The van der Waals surface area contributed by atoms with Gasteiger partial charge in [-0.1, -0.05) is 0 Å². The molecule has 0 aliphatic heterocycles. The molecule has 0 aromatic heterocycles. The third-order valence-electron chi connectivity index (χ3n) is 1.46. The lowest BCUT2D eigenvalue weighted by Gasteiger charge is -2.06. The Kier molecular flexibility index (Phi) is 3.29. The van der Waals surface area contributed by atoms with Crippen molar-refractivity contribution in [3.8, 4) is 11.5 Å². The first-order valence-electron chi connectivity index (χ1n) is 3.88. The number of phenols is 2. The second kappa shape index (κ2) is 4.47. The molecular formula is C8H9N3O3S. The summed E-state index contributed by atoms with van der Waals surface area (Å²) in [4.78, 5) is 11.3. The average molecular weight is 227 g/mol. The van der Waals surface area contributed by atoms with Gasteiger partial charge in [-0.15, -0.1) is 0 Å². The molecule has 7 heteroatoms. The number of nitrogens with two attached hydrogens (primary N) is 1. The van der Waals surface area contributed by atoms with Gasteiger partial charge in [0.15, 0.2) is 5.11 Å². The Hall–Kier alpha value is -2.02. The van der Waals surface area contributed by atoms with Gasteiger partial charge >= 0.3 is 0 Å². The molecule has 0 spiro atoms. The van der Waals surface area contributed by atoms with E-state index in [2.05, 4.69) is 23.1 Å². The van der Waals surface area contributed by atoms with E-state index in [1.165, 1.54) is 12.1 Å². The fourth-order valence-electron chi connectivity index (χ4n) is 0.917. The zero-order valence-corrected chi connectivity index (χ0v) is 8.34. The number of hydrazine groups is 1. The summed E-state index contributed by atoms with van der Waals surface area (Å²) in [6.45, 7) is 0. The Morgan fingerprint density at radius 3 is 2.20 bits per heavy atom. The largest absolute Gasteiger partial charge is 0.508 e. The van der Waals surface area contributed by atoms with Crippen molar-refractivity contribution in [3.63, 3.8) is 0 Å². The number of amides is 1. The van der Waals surface area contributed by atoms with Crippen molar-refractivity contribution in [2.24, 2.45) is 5.73 Å². The highest BCUT2D eigenvalue weighted by atomic mass is 32.1. The molecule has 15 heavy (non-hydrogen) atoms. The fraction of sp³-hybridized carbons (Fsp3) is 0. The molecular weight excluding hydrogens is 218 g/mol. The summed E-state index contributed by atoms with van der Waals surface area (Å²) in [5, 5.41) is 18.1. The smallest absolute Gasteiger partial charge is 0.269 e. The van der Waals surface area contributed by atoms with E-state index in [1.54, 1.807) is 0 Å². The van der Waals surface area contributed by atoms with Crippen LogP contribution in [0.5, 0.6) is 11.5 Å². The number of nitrogens with one attached hydrogen (secondary N) is 2. The van der Waals surface area contributed by atoms with Crippen LogP contribution in [0.3, 0.4) is 0 Å². The van der Waals surface area contributed by atoms with Crippen molar-refractivity contribution in [2.75, 3.05) is 0 Å². The van der Waals surface area contributed by atoms with Crippen LogP contribution in [0, 0.1) is 0 Å². The first kappa shape index (κ1) is 11.1. The summed E-state index contributed by atoms with van der Waals surface area (Å²) >= 11 is 4.47. The Morgan fingerprint density at radius 2 is 1.73 bits per heavy atom. The Balaban J connectivity index is 2.77. The molecule has 0 aliphatic rings. The first-order valence-corrected chi connectivity index (χ1v) is 4.28. The lowest BCUT2D eigenvalue weighted by molar-refractivity contribution is 0.0943. The van der Waals surface area contributed by atoms with Gasteiger partial charge in [-0.2, -0.15) is 0 Å². The number of carbonyl (C=O) groups is 1. The predicted molar refractivity (Wildman–Crippen MR) is 57.2 cm³/mol. The number of thiocarbonyl (C=S) groups is 1. The van der Waals surface area contributed by atoms with Gasteiger partial charge in [-0.25, -0.2) is 0 Å². The van der Waals surface area contributed by atoms with Crippen molar-refractivity contribution in [3.05, 3.63) is 23.8 Å².